The zero-order chi connectivity index (χ0) is 20.8. The zero-order valence-corrected chi connectivity index (χ0v) is 16.7. The highest BCUT2D eigenvalue weighted by molar-refractivity contribution is 5.89. The summed E-state index contributed by atoms with van der Waals surface area (Å²) >= 11 is 0. The predicted molar refractivity (Wildman–Crippen MR) is 103 cm³/mol. The van der Waals surface area contributed by atoms with Crippen molar-refractivity contribution in [2.24, 2.45) is 5.92 Å². The Balaban J connectivity index is 1.45. The number of nitrogens with one attached hydrogen (secondary N) is 2. The first kappa shape index (κ1) is 20.4. The molecule has 0 aliphatic carbocycles. The van der Waals surface area contributed by atoms with Crippen LogP contribution in [0.4, 0.5) is 4.79 Å². The van der Waals surface area contributed by atoms with Gasteiger partial charge in [-0.05, 0) is 23.6 Å². The molecule has 0 saturated heterocycles. The van der Waals surface area contributed by atoms with Crippen molar-refractivity contribution in [1.29, 1.82) is 0 Å². The third kappa shape index (κ3) is 5.59. The van der Waals surface area contributed by atoms with Crippen LogP contribution >= 0.6 is 0 Å². The van der Waals surface area contributed by atoms with Gasteiger partial charge in [0.25, 0.3) is 0 Å². The number of rotatable bonds is 8. The standard InChI is InChI=1S/C19H25N5O5/c1-12(2)9-21-19(26)24(3)7-6-16-22-18(29-23-16)17(25)20-10-13-4-5-14-15(8-13)28-11-27-14/h4-5,8,12H,6-7,9-11H2,1-3H3,(H,20,25)(H,21,26). The van der Waals surface area contributed by atoms with Crippen LogP contribution in [0.1, 0.15) is 35.9 Å². The second-order valence-corrected chi connectivity index (χ2v) is 7.14. The Morgan fingerprint density at radius 2 is 2.00 bits per heavy atom. The highest BCUT2D eigenvalue weighted by atomic mass is 16.7. The number of hydrogen-bond donors (Lipinski definition) is 2. The van der Waals surface area contributed by atoms with Gasteiger partial charge in [0, 0.05) is 33.1 Å². The van der Waals surface area contributed by atoms with E-state index < -0.39 is 5.91 Å². The van der Waals surface area contributed by atoms with Gasteiger partial charge in [-0.25, -0.2) is 4.79 Å². The van der Waals surface area contributed by atoms with Gasteiger partial charge >= 0.3 is 17.8 Å². The summed E-state index contributed by atoms with van der Waals surface area (Å²) in [6, 6.07) is 5.28. The molecule has 1 aliphatic rings. The summed E-state index contributed by atoms with van der Waals surface area (Å²) in [4.78, 5) is 29.8. The molecule has 2 heterocycles. The van der Waals surface area contributed by atoms with Crippen LogP contribution < -0.4 is 20.1 Å². The van der Waals surface area contributed by atoms with Crippen LogP contribution in [-0.4, -0.2) is 53.9 Å². The fourth-order valence-corrected chi connectivity index (χ4v) is 2.55. The third-order valence-electron chi connectivity index (χ3n) is 4.23. The average Bonchev–Trinajstić information content (AvgIpc) is 3.37. The number of aromatic nitrogens is 2. The summed E-state index contributed by atoms with van der Waals surface area (Å²) in [7, 11) is 1.69. The van der Waals surface area contributed by atoms with E-state index in [1.165, 1.54) is 4.90 Å². The molecule has 3 amide bonds. The van der Waals surface area contributed by atoms with Crippen molar-refractivity contribution < 1.29 is 23.6 Å². The lowest BCUT2D eigenvalue weighted by molar-refractivity contribution is 0.0907. The Labute approximate surface area is 168 Å². The van der Waals surface area contributed by atoms with Crippen molar-refractivity contribution in [3.63, 3.8) is 0 Å². The molecule has 10 heteroatoms. The van der Waals surface area contributed by atoms with Gasteiger partial charge in [0.2, 0.25) is 6.79 Å². The average molecular weight is 403 g/mol. The number of carbonyl (C=O) groups is 2. The van der Waals surface area contributed by atoms with Gasteiger partial charge in [-0.2, -0.15) is 4.98 Å². The minimum Gasteiger partial charge on any atom is -0.454 e. The summed E-state index contributed by atoms with van der Waals surface area (Å²) in [5, 5.41) is 9.36. The van der Waals surface area contributed by atoms with Crippen molar-refractivity contribution in [3.8, 4) is 11.5 Å². The summed E-state index contributed by atoms with van der Waals surface area (Å²) in [6.07, 6.45) is 0.380. The van der Waals surface area contributed by atoms with E-state index in [0.29, 0.717) is 42.8 Å². The molecule has 0 spiro atoms. The van der Waals surface area contributed by atoms with E-state index in [1.54, 1.807) is 13.1 Å². The first-order valence-electron chi connectivity index (χ1n) is 9.40. The van der Waals surface area contributed by atoms with Crippen molar-refractivity contribution in [2.45, 2.75) is 26.8 Å². The molecule has 0 atom stereocenters. The number of carbonyl (C=O) groups excluding carboxylic acids is 2. The molecule has 10 nitrogen and oxygen atoms in total. The monoisotopic (exact) mass is 403 g/mol. The zero-order valence-electron chi connectivity index (χ0n) is 16.7. The number of hydrogen-bond acceptors (Lipinski definition) is 7. The van der Waals surface area contributed by atoms with Crippen LogP contribution in [-0.2, 0) is 13.0 Å². The smallest absolute Gasteiger partial charge is 0.317 e. The van der Waals surface area contributed by atoms with Crippen LogP contribution in [0.5, 0.6) is 11.5 Å². The molecular weight excluding hydrogens is 378 g/mol. The number of urea groups is 1. The minimum atomic E-state index is -0.468. The van der Waals surface area contributed by atoms with Crippen LogP contribution in [0.3, 0.4) is 0 Å². The number of nitrogens with zero attached hydrogens (tertiary/aromatic N) is 3. The highest BCUT2D eigenvalue weighted by Gasteiger charge is 2.17. The van der Waals surface area contributed by atoms with E-state index in [2.05, 4.69) is 20.8 Å². The molecule has 1 aliphatic heterocycles. The maximum absolute atomic E-state index is 12.2. The van der Waals surface area contributed by atoms with Crippen molar-refractivity contribution in [2.75, 3.05) is 26.9 Å². The molecule has 156 valence electrons. The number of ether oxygens (including phenoxy) is 2. The summed E-state index contributed by atoms with van der Waals surface area (Å²) in [6.45, 7) is 5.55. The molecule has 0 radical (unpaired) electrons. The van der Waals surface area contributed by atoms with Gasteiger partial charge < -0.3 is 29.5 Å². The van der Waals surface area contributed by atoms with Gasteiger partial charge in [-0.3, -0.25) is 4.79 Å². The number of fused-ring (bicyclic) bond motifs is 1. The largest absolute Gasteiger partial charge is 0.454 e. The van der Waals surface area contributed by atoms with Gasteiger partial charge in [0.15, 0.2) is 17.3 Å². The minimum absolute atomic E-state index is 0.118. The molecule has 0 saturated carbocycles. The van der Waals surface area contributed by atoms with E-state index in [0.717, 1.165) is 5.56 Å². The first-order valence-corrected chi connectivity index (χ1v) is 9.40. The predicted octanol–water partition coefficient (Wildman–Crippen LogP) is 1.57. The van der Waals surface area contributed by atoms with E-state index in [4.69, 9.17) is 14.0 Å². The Morgan fingerprint density at radius 3 is 2.79 bits per heavy atom. The first-order chi connectivity index (χ1) is 13.9. The molecule has 1 aromatic heterocycles. The molecule has 2 aromatic rings. The maximum Gasteiger partial charge on any atom is 0.317 e. The topological polar surface area (TPSA) is 119 Å². The van der Waals surface area contributed by atoms with Gasteiger partial charge in [-0.15, -0.1) is 0 Å². The van der Waals surface area contributed by atoms with E-state index in [-0.39, 0.29) is 25.3 Å². The second-order valence-electron chi connectivity index (χ2n) is 7.14. The van der Waals surface area contributed by atoms with Crippen molar-refractivity contribution in [1.82, 2.24) is 25.7 Å². The Hall–Kier alpha value is -3.30. The molecule has 29 heavy (non-hydrogen) atoms. The lowest BCUT2D eigenvalue weighted by atomic mass is 10.2. The molecular formula is C19H25N5O5. The second kappa shape index (κ2) is 9.26. The lowest BCUT2D eigenvalue weighted by Gasteiger charge is -2.17. The Morgan fingerprint density at radius 1 is 1.21 bits per heavy atom. The van der Waals surface area contributed by atoms with Crippen molar-refractivity contribution >= 4 is 11.9 Å². The fraction of sp³-hybridized carbons (Fsp3) is 0.474. The molecule has 0 bridgehead atoms. The van der Waals surface area contributed by atoms with E-state index in [9.17, 15) is 9.59 Å². The molecule has 0 unspecified atom stereocenters. The fourth-order valence-electron chi connectivity index (χ4n) is 2.55. The van der Waals surface area contributed by atoms with Gasteiger partial charge in [0.1, 0.15) is 0 Å². The van der Waals surface area contributed by atoms with Crippen LogP contribution in [0.25, 0.3) is 0 Å². The van der Waals surface area contributed by atoms with Crippen LogP contribution in [0.15, 0.2) is 22.7 Å². The van der Waals surface area contributed by atoms with E-state index in [1.807, 2.05) is 26.0 Å². The Bertz CT molecular complexity index is 866. The summed E-state index contributed by atoms with van der Waals surface area (Å²) in [5.74, 6) is 1.49. The molecule has 1 aromatic carbocycles. The van der Waals surface area contributed by atoms with Crippen molar-refractivity contribution in [3.05, 3.63) is 35.5 Å². The normalized spacial score (nSPS) is 12.1. The van der Waals surface area contributed by atoms with Gasteiger partial charge in [0.05, 0.1) is 0 Å². The molecule has 2 N–H and O–H groups in total. The summed E-state index contributed by atoms with van der Waals surface area (Å²) < 4.78 is 15.6. The van der Waals surface area contributed by atoms with E-state index >= 15 is 0 Å². The lowest BCUT2D eigenvalue weighted by Crippen LogP contribution is -2.39. The number of likely N-dealkylation sites (N-methyl/N-ethyl adjacent to an activating group) is 1. The quantitative estimate of drug-likeness (QED) is 0.687. The summed E-state index contributed by atoms with van der Waals surface area (Å²) in [5.41, 5.74) is 0.858. The number of amides is 3. The maximum atomic E-state index is 12.2. The molecule has 3 rings (SSSR count). The van der Waals surface area contributed by atoms with Crippen LogP contribution in [0, 0.1) is 5.92 Å². The Kier molecular flexibility index (Phi) is 6.53. The third-order valence-corrected chi connectivity index (χ3v) is 4.23. The van der Waals surface area contributed by atoms with Gasteiger partial charge in [-0.1, -0.05) is 25.1 Å². The number of benzene rings is 1. The van der Waals surface area contributed by atoms with Crippen LogP contribution in [0.2, 0.25) is 0 Å². The highest BCUT2D eigenvalue weighted by Crippen LogP contribution is 2.32. The molecule has 0 fully saturated rings. The SMILES string of the molecule is CC(C)CNC(=O)N(C)CCc1noc(C(=O)NCc2ccc3c(c2)OCO3)n1.